The minimum atomic E-state index is -3.48. The molecule has 1 N–H and O–H groups in total. The summed E-state index contributed by atoms with van der Waals surface area (Å²) in [5, 5.41) is 2.93. The predicted molar refractivity (Wildman–Crippen MR) is 135 cm³/mol. The van der Waals surface area contributed by atoms with Gasteiger partial charge in [0.2, 0.25) is 10.0 Å². The van der Waals surface area contributed by atoms with Gasteiger partial charge in [-0.1, -0.05) is 36.4 Å². The van der Waals surface area contributed by atoms with Crippen LogP contribution < -0.4 is 14.5 Å². The minimum Gasteiger partial charge on any atom is -0.378 e. The Bertz CT molecular complexity index is 1220. The largest absolute Gasteiger partial charge is 0.378 e. The highest BCUT2D eigenvalue weighted by atomic mass is 32.2. The Morgan fingerprint density at radius 2 is 1.48 bits per heavy atom. The van der Waals surface area contributed by atoms with Gasteiger partial charge in [-0.25, -0.2) is 8.42 Å². The Labute approximate surface area is 196 Å². The Morgan fingerprint density at radius 3 is 2.06 bits per heavy atom. The van der Waals surface area contributed by atoms with Crippen molar-refractivity contribution in [2.45, 2.75) is 26.9 Å². The summed E-state index contributed by atoms with van der Waals surface area (Å²) in [6.45, 7) is 4.47. The summed E-state index contributed by atoms with van der Waals surface area (Å²) in [4.78, 5) is 14.6. The topological polar surface area (TPSA) is 69.7 Å². The minimum absolute atomic E-state index is 0.173. The van der Waals surface area contributed by atoms with Crippen LogP contribution >= 0.6 is 0 Å². The van der Waals surface area contributed by atoms with Gasteiger partial charge in [0.15, 0.2) is 0 Å². The molecule has 0 fully saturated rings. The summed E-state index contributed by atoms with van der Waals surface area (Å²) in [7, 11) is 0.489. The molecule has 0 saturated carbocycles. The van der Waals surface area contributed by atoms with Crippen molar-refractivity contribution in [3.05, 3.63) is 94.5 Å². The predicted octanol–water partition coefficient (Wildman–Crippen LogP) is 4.27. The average Bonchev–Trinajstić information content (AvgIpc) is 2.77. The van der Waals surface area contributed by atoms with Crippen molar-refractivity contribution in [2.75, 3.05) is 29.6 Å². The number of anilines is 2. The van der Waals surface area contributed by atoms with E-state index in [9.17, 15) is 13.2 Å². The van der Waals surface area contributed by atoms with Crippen LogP contribution in [0.15, 0.2) is 66.7 Å². The molecular weight excluding hydrogens is 434 g/mol. The second-order valence-corrected chi connectivity index (χ2v) is 10.4. The lowest BCUT2D eigenvalue weighted by molar-refractivity contribution is 0.0951. The zero-order valence-corrected chi connectivity index (χ0v) is 20.6. The number of rotatable bonds is 8. The van der Waals surface area contributed by atoms with Gasteiger partial charge in [0.05, 0.1) is 18.5 Å². The van der Waals surface area contributed by atoms with Gasteiger partial charge < -0.3 is 10.2 Å². The molecule has 174 valence electrons. The van der Waals surface area contributed by atoms with Gasteiger partial charge in [0.25, 0.3) is 5.91 Å². The average molecular weight is 466 g/mol. The fourth-order valence-electron chi connectivity index (χ4n) is 3.49. The number of sulfonamides is 1. The molecule has 6 nitrogen and oxygen atoms in total. The molecule has 3 rings (SSSR count). The van der Waals surface area contributed by atoms with Crippen LogP contribution in [0.5, 0.6) is 0 Å². The molecule has 0 atom stereocenters. The monoisotopic (exact) mass is 465 g/mol. The summed E-state index contributed by atoms with van der Waals surface area (Å²) < 4.78 is 26.4. The normalized spacial score (nSPS) is 11.2. The van der Waals surface area contributed by atoms with Crippen LogP contribution in [-0.4, -0.2) is 34.7 Å². The molecule has 7 heteroatoms. The molecule has 1 amide bonds. The summed E-state index contributed by atoms with van der Waals surface area (Å²) in [6, 6.07) is 20.8. The maximum Gasteiger partial charge on any atom is 0.251 e. The van der Waals surface area contributed by atoms with Crippen LogP contribution in [-0.2, 0) is 23.1 Å². The number of hydrogen-bond acceptors (Lipinski definition) is 4. The molecule has 0 heterocycles. The Hall–Kier alpha value is -3.32. The molecule has 0 aliphatic rings. The molecule has 0 unspecified atom stereocenters. The number of nitrogens with one attached hydrogen (secondary N) is 1. The smallest absolute Gasteiger partial charge is 0.251 e. The van der Waals surface area contributed by atoms with E-state index in [1.807, 2.05) is 75.3 Å². The number of benzene rings is 3. The van der Waals surface area contributed by atoms with E-state index in [1.165, 1.54) is 10.6 Å². The lowest BCUT2D eigenvalue weighted by atomic mass is 10.1. The van der Waals surface area contributed by atoms with Crippen molar-refractivity contribution >= 4 is 27.3 Å². The number of carbonyl (C=O) groups is 1. The number of amides is 1. The van der Waals surface area contributed by atoms with Crippen LogP contribution in [0.4, 0.5) is 11.4 Å². The zero-order chi connectivity index (χ0) is 24.2. The SMILES string of the molecule is Cc1ccc(C)c(N(Cc2ccc(C(=O)NCc3ccc(N(C)C)cc3)cc2)S(C)(=O)=O)c1. The van der Waals surface area contributed by atoms with Crippen molar-refractivity contribution in [2.24, 2.45) is 0 Å². The molecule has 0 saturated heterocycles. The van der Waals surface area contributed by atoms with Gasteiger partial charge in [0, 0.05) is 31.9 Å². The summed E-state index contributed by atoms with van der Waals surface area (Å²) in [5.41, 5.74) is 6.00. The molecule has 0 radical (unpaired) electrons. The summed E-state index contributed by atoms with van der Waals surface area (Å²) >= 11 is 0. The molecule has 0 aromatic heterocycles. The van der Waals surface area contributed by atoms with Gasteiger partial charge in [-0.05, 0) is 66.4 Å². The van der Waals surface area contributed by atoms with E-state index in [2.05, 4.69) is 5.32 Å². The van der Waals surface area contributed by atoms with Crippen LogP contribution in [0.2, 0.25) is 0 Å². The fraction of sp³-hybridized carbons (Fsp3) is 0.269. The molecule has 3 aromatic carbocycles. The van der Waals surface area contributed by atoms with Crippen LogP contribution in [0, 0.1) is 13.8 Å². The van der Waals surface area contributed by atoms with Crippen molar-refractivity contribution in [1.82, 2.24) is 5.32 Å². The second kappa shape index (κ2) is 10.1. The maximum atomic E-state index is 12.6. The summed E-state index contributed by atoms with van der Waals surface area (Å²) in [5.74, 6) is -0.173. The van der Waals surface area contributed by atoms with E-state index in [0.29, 0.717) is 17.8 Å². The van der Waals surface area contributed by atoms with Crippen molar-refractivity contribution in [3.8, 4) is 0 Å². The van der Waals surface area contributed by atoms with Crippen LogP contribution in [0.1, 0.15) is 32.6 Å². The third-order valence-corrected chi connectivity index (χ3v) is 6.61. The zero-order valence-electron chi connectivity index (χ0n) is 19.8. The third kappa shape index (κ3) is 6.35. The first-order valence-corrected chi connectivity index (χ1v) is 12.6. The van der Waals surface area contributed by atoms with Crippen LogP contribution in [0.25, 0.3) is 0 Å². The van der Waals surface area contributed by atoms with Crippen molar-refractivity contribution in [3.63, 3.8) is 0 Å². The number of aryl methyl sites for hydroxylation is 2. The van der Waals surface area contributed by atoms with Crippen LogP contribution in [0.3, 0.4) is 0 Å². The van der Waals surface area contributed by atoms with Crippen molar-refractivity contribution in [1.29, 1.82) is 0 Å². The quantitative estimate of drug-likeness (QED) is 0.540. The van der Waals surface area contributed by atoms with Gasteiger partial charge >= 0.3 is 0 Å². The Balaban J connectivity index is 1.69. The van der Waals surface area contributed by atoms with E-state index in [1.54, 1.807) is 24.3 Å². The van der Waals surface area contributed by atoms with Gasteiger partial charge in [0.1, 0.15) is 0 Å². The molecule has 0 aliphatic heterocycles. The van der Waals surface area contributed by atoms with E-state index >= 15 is 0 Å². The second-order valence-electron chi connectivity index (χ2n) is 8.50. The molecular formula is C26H31N3O3S. The summed E-state index contributed by atoms with van der Waals surface area (Å²) in [6.07, 6.45) is 1.21. The molecule has 0 aliphatic carbocycles. The van der Waals surface area contributed by atoms with E-state index in [-0.39, 0.29) is 12.5 Å². The fourth-order valence-corrected chi connectivity index (χ4v) is 4.43. The lowest BCUT2D eigenvalue weighted by Gasteiger charge is -2.25. The number of carbonyl (C=O) groups excluding carboxylic acids is 1. The van der Waals surface area contributed by atoms with Gasteiger partial charge in [-0.3, -0.25) is 9.10 Å². The highest BCUT2D eigenvalue weighted by Crippen LogP contribution is 2.26. The molecule has 0 spiro atoms. The first-order chi connectivity index (χ1) is 15.5. The van der Waals surface area contributed by atoms with Crippen molar-refractivity contribution < 1.29 is 13.2 Å². The highest BCUT2D eigenvalue weighted by molar-refractivity contribution is 7.92. The van der Waals surface area contributed by atoms with Gasteiger partial charge in [-0.15, -0.1) is 0 Å². The molecule has 3 aromatic rings. The lowest BCUT2D eigenvalue weighted by Crippen LogP contribution is -2.30. The van der Waals surface area contributed by atoms with E-state index in [0.717, 1.165) is 27.9 Å². The third-order valence-electron chi connectivity index (χ3n) is 5.48. The molecule has 33 heavy (non-hydrogen) atoms. The number of hydrogen-bond donors (Lipinski definition) is 1. The Morgan fingerprint density at radius 1 is 0.879 bits per heavy atom. The Kier molecular flexibility index (Phi) is 7.43. The molecule has 0 bridgehead atoms. The van der Waals surface area contributed by atoms with E-state index in [4.69, 9.17) is 0 Å². The first-order valence-electron chi connectivity index (χ1n) is 10.7. The standard InChI is InChI=1S/C26H31N3O3S/c1-19-6-7-20(2)25(16-19)29(33(5,31)32)18-22-8-12-23(13-9-22)26(30)27-17-21-10-14-24(15-11-21)28(3)4/h6-16H,17-18H2,1-5H3,(H,27,30). The maximum absolute atomic E-state index is 12.6. The first kappa shape index (κ1) is 24.3. The highest BCUT2D eigenvalue weighted by Gasteiger charge is 2.20. The van der Waals surface area contributed by atoms with Gasteiger partial charge in [-0.2, -0.15) is 0 Å². The van der Waals surface area contributed by atoms with E-state index < -0.39 is 10.0 Å². The number of nitrogens with zero attached hydrogens (tertiary/aromatic N) is 2.